The summed E-state index contributed by atoms with van der Waals surface area (Å²) in [6, 6.07) is 14.7. The van der Waals surface area contributed by atoms with Crippen molar-refractivity contribution in [3.05, 3.63) is 78.4 Å². The molecule has 0 radical (unpaired) electrons. The van der Waals surface area contributed by atoms with Crippen LogP contribution in [0.1, 0.15) is 17.3 Å². The van der Waals surface area contributed by atoms with Crippen LogP contribution in [0.2, 0.25) is 0 Å². The highest BCUT2D eigenvalue weighted by Gasteiger charge is 2.10. The first-order chi connectivity index (χ1) is 13.0. The zero-order valence-corrected chi connectivity index (χ0v) is 14.5. The molecule has 0 atom stereocenters. The van der Waals surface area contributed by atoms with Crippen molar-refractivity contribution in [2.75, 3.05) is 16.0 Å². The van der Waals surface area contributed by atoms with E-state index in [2.05, 4.69) is 20.9 Å². The maximum Gasteiger partial charge on any atom is 0.257 e. The summed E-state index contributed by atoms with van der Waals surface area (Å²) in [5.41, 5.74) is 2.32. The van der Waals surface area contributed by atoms with Crippen LogP contribution >= 0.6 is 0 Å². The molecule has 0 aliphatic carbocycles. The Labute approximate surface area is 155 Å². The summed E-state index contributed by atoms with van der Waals surface area (Å²) < 4.78 is 13.7. The molecule has 1 aromatic heterocycles. The SMILES string of the molecule is CC(=O)Nc1cccc(Nc2cncc(C(=O)Nc3ccccc3F)c2)c1. The van der Waals surface area contributed by atoms with Gasteiger partial charge in [0.1, 0.15) is 5.82 Å². The van der Waals surface area contributed by atoms with Crippen LogP contribution in [0.3, 0.4) is 0 Å². The lowest BCUT2D eigenvalue weighted by Crippen LogP contribution is -2.13. The number of anilines is 4. The van der Waals surface area contributed by atoms with E-state index in [0.29, 0.717) is 11.4 Å². The fourth-order valence-electron chi connectivity index (χ4n) is 2.43. The lowest BCUT2D eigenvalue weighted by molar-refractivity contribution is -0.114. The van der Waals surface area contributed by atoms with Crippen molar-refractivity contribution in [3.8, 4) is 0 Å². The number of carbonyl (C=O) groups is 2. The number of halogens is 1. The molecule has 0 spiro atoms. The fraction of sp³-hybridized carbons (Fsp3) is 0.0500. The van der Waals surface area contributed by atoms with Crippen molar-refractivity contribution in [2.24, 2.45) is 0 Å². The molecule has 0 aliphatic rings. The summed E-state index contributed by atoms with van der Waals surface area (Å²) in [5.74, 6) is -1.15. The average molecular weight is 364 g/mol. The van der Waals surface area contributed by atoms with Crippen LogP contribution in [0, 0.1) is 5.82 Å². The van der Waals surface area contributed by atoms with E-state index in [1.54, 1.807) is 42.6 Å². The third-order valence-corrected chi connectivity index (χ3v) is 3.59. The molecule has 136 valence electrons. The summed E-state index contributed by atoms with van der Waals surface area (Å²) in [6.07, 6.45) is 2.96. The highest BCUT2D eigenvalue weighted by Crippen LogP contribution is 2.21. The predicted molar refractivity (Wildman–Crippen MR) is 103 cm³/mol. The van der Waals surface area contributed by atoms with Crippen LogP contribution in [0.4, 0.5) is 27.1 Å². The number of nitrogens with zero attached hydrogens (tertiary/aromatic N) is 1. The van der Waals surface area contributed by atoms with E-state index in [4.69, 9.17) is 0 Å². The molecule has 0 aliphatic heterocycles. The normalized spacial score (nSPS) is 10.1. The highest BCUT2D eigenvalue weighted by atomic mass is 19.1. The second-order valence-electron chi connectivity index (χ2n) is 5.78. The molecule has 27 heavy (non-hydrogen) atoms. The first kappa shape index (κ1) is 18.1. The molecule has 3 aromatic rings. The Hall–Kier alpha value is -3.74. The fourth-order valence-corrected chi connectivity index (χ4v) is 2.43. The molecule has 3 rings (SSSR count). The minimum Gasteiger partial charge on any atom is -0.354 e. The predicted octanol–water partition coefficient (Wildman–Crippen LogP) is 4.18. The van der Waals surface area contributed by atoms with Gasteiger partial charge in [0.2, 0.25) is 5.91 Å². The minimum absolute atomic E-state index is 0.101. The summed E-state index contributed by atoms with van der Waals surface area (Å²) in [6.45, 7) is 1.43. The monoisotopic (exact) mass is 364 g/mol. The Kier molecular flexibility index (Phi) is 5.41. The van der Waals surface area contributed by atoms with Gasteiger partial charge in [-0.2, -0.15) is 0 Å². The molecule has 6 nitrogen and oxygen atoms in total. The first-order valence-electron chi connectivity index (χ1n) is 8.17. The van der Waals surface area contributed by atoms with Gasteiger partial charge < -0.3 is 16.0 Å². The molecule has 2 amide bonds. The summed E-state index contributed by atoms with van der Waals surface area (Å²) in [7, 11) is 0. The molecule has 0 unspecified atom stereocenters. The molecule has 0 saturated heterocycles. The molecule has 0 bridgehead atoms. The van der Waals surface area contributed by atoms with Gasteiger partial charge in [-0.3, -0.25) is 14.6 Å². The molecule has 0 fully saturated rings. The smallest absolute Gasteiger partial charge is 0.257 e. The third-order valence-electron chi connectivity index (χ3n) is 3.59. The number of hydrogen-bond acceptors (Lipinski definition) is 4. The van der Waals surface area contributed by atoms with Gasteiger partial charge in [0.05, 0.1) is 23.1 Å². The number of para-hydroxylation sites is 1. The third kappa shape index (κ3) is 4.88. The van der Waals surface area contributed by atoms with E-state index < -0.39 is 11.7 Å². The number of carbonyl (C=O) groups excluding carboxylic acids is 2. The average Bonchev–Trinajstić information content (AvgIpc) is 2.63. The summed E-state index contributed by atoms with van der Waals surface area (Å²) in [4.78, 5) is 27.6. The van der Waals surface area contributed by atoms with Gasteiger partial charge in [-0.1, -0.05) is 18.2 Å². The number of amides is 2. The van der Waals surface area contributed by atoms with Gasteiger partial charge in [0, 0.05) is 24.5 Å². The standard InChI is InChI=1S/C20H17FN4O2/c1-13(26)23-15-5-4-6-16(10-15)24-17-9-14(11-22-12-17)20(27)25-19-8-3-2-7-18(19)21/h2-12,24H,1H3,(H,23,26)(H,25,27). The van der Waals surface area contributed by atoms with E-state index in [1.165, 1.54) is 25.3 Å². The zero-order chi connectivity index (χ0) is 19.2. The van der Waals surface area contributed by atoms with Crippen molar-refractivity contribution < 1.29 is 14.0 Å². The van der Waals surface area contributed by atoms with Gasteiger partial charge in [0.15, 0.2) is 0 Å². The molecular formula is C20H17FN4O2. The topological polar surface area (TPSA) is 83.1 Å². The van der Waals surface area contributed by atoms with E-state index in [0.717, 1.165) is 5.69 Å². The van der Waals surface area contributed by atoms with Gasteiger partial charge >= 0.3 is 0 Å². The van der Waals surface area contributed by atoms with E-state index in [1.807, 2.05) is 6.07 Å². The lowest BCUT2D eigenvalue weighted by atomic mass is 10.2. The maximum absolute atomic E-state index is 13.7. The van der Waals surface area contributed by atoms with Crippen molar-refractivity contribution >= 4 is 34.6 Å². The van der Waals surface area contributed by atoms with Crippen LogP contribution < -0.4 is 16.0 Å². The molecular weight excluding hydrogens is 347 g/mol. The zero-order valence-electron chi connectivity index (χ0n) is 14.5. The minimum atomic E-state index is -0.511. The van der Waals surface area contributed by atoms with E-state index in [9.17, 15) is 14.0 Å². The summed E-state index contributed by atoms with van der Waals surface area (Å²) >= 11 is 0. The number of nitrogens with one attached hydrogen (secondary N) is 3. The Bertz CT molecular complexity index is 991. The van der Waals surface area contributed by atoms with Crippen molar-refractivity contribution in [1.82, 2.24) is 4.98 Å². The number of pyridine rings is 1. The van der Waals surface area contributed by atoms with Crippen LogP contribution in [0.15, 0.2) is 67.0 Å². The van der Waals surface area contributed by atoms with Gasteiger partial charge in [-0.25, -0.2) is 4.39 Å². The highest BCUT2D eigenvalue weighted by molar-refractivity contribution is 6.04. The Morgan fingerprint density at radius 1 is 0.889 bits per heavy atom. The number of rotatable bonds is 5. The molecule has 0 saturated carbocycles. The van der Waals surface area contributed by atoms with Crippen molar-refractivity contribution in [3.63, 3.8) is 0 Å². The molecule has 1 heterocycles. The second-order valence-corrected chi connectivity index (χ2v) is 5.78. The number of benzene rings is 2. The molecule has 2 aromatic carbocycles. The van der Waals surface area contributed by atoms with Gasteiger partial charge in [-0.05, 0) is 36.4 Å². The Morgan fingerprint density at radius 2 is 1.67 bits per heavy atom. The molecule has 7 heteroatoms. The van der Waals surface area contributed by atoms with E-state index in [-0.39, 0.29) is 17.2 Å². The van der Waals surface area contributed by atoms with Crippen molar-refractivity contribution in [2.45, 2.75) is 6.92 Å². The van der Waals surface area contributed by atoms with Gasteiger partial charge in [-0.15, -0.1) is 0 Å². The first-order valence-corrected chi connectivity index (χ1v) is 8.17. The largest absolute Gasteiger partial charge is 0.354 e. The number of hydrogen-bond donors (Lipinski definition) is 3. The summed E-state index contributed by atoms with van der Waals surface area (Å²) in [5, 5.41) is 8.34. The van der Waals surface area contributed by atoms with Crippen LogP contribution in [-0.4, -0.2) is 16.8 Å². The Balaban J connectivity index is 1.75. The second kappa shape index (κ2) is 8.09. The van der Waals surface area contributed by atoms with Crippen LogP contribution in [0.25, 0.3) is 0 Å². The van der Waals surface area contributed by atoms with Crippen LogP contribution in [0.5, 0.6) is 0 Å². The van der Waals surface area contributed by atoms with Crippen molar-refractivity contribution in [1.29, 1.82) is 0 Å². The molecule has 3 N–H and O–H groups in total. The van der Waals surface area contributed by atoms with Gasteiger partial charge in [0.25, 0.3) is 5.91 Å². The lowest BCUT2D eigenvalue weighted by Gasteiger charge is -2.10. The number of aromatic nitrogens is 1. The van der Waals surface area contributed by atoms with E-state index >= 15 is 0 Å². The Morgan fingerprint density at radius 3 is 2.44 bits per heavy atom. The quantitative estimate of drug-likeness (QED) is 0.634. The maximum atomic E-state index is 13.7. The van der Waals surface area contributed by atoms with Crippen LogP contribution in [-0.2, 0) is 4.79 Å².